The highest BCUT2D eigenvalue weighted by atomic mass is 79.9. The van der Waals surface area contributed by atoms with Crippen molar-refractivity contribution in [2.24, 2.45) is 0 Å². The van der Waals surface area contributed by atoms with Gasteiger partial charge in [-0.05, 0) is 18.6 Å². The van der Waals surface area contributed by atoms with E-state index in [0.717, 1.165) is 11.1 Å². The molecule has 0 unspecified atom stereocenters. The van der Waals surface area contributed by atoms with Crippen LogP contribution in [0.2, 0.25) is 0 Å². The van der Waals surface area contributed by atoms with Crippen molar-refractivity contribution in [2.75, 3.05) is 0 Å². The van der Waals surface area contributed by atoms with Crippen LogP contribution >= 0.6 is 15.9 Å². The van der Waals surface area contributed by atoms with E-state index >= 15 is 0 Å². The topological polar surface area (TPSA) is 37.3 Å². The molecule has 0 heterocycles. The monoisotopic (exact) mass is 242 g/mol. The van der Waals surface area contributed by atoms with Crippen LogP contribution in [0.4, 0.5) is 0 Å². The predicted octanol–water partition coefficient (Wildman–Crippen LogP) is 2.42. The number of carbonyl (C=O) groups excluding carboxylic acids is 1. The molecule has 0 aliphatic carbocycles. The van der Waals surface area contributed by atoms with Gasteiger partial charge in [0.2, 0.25) is 0 Å². The molecule has 1 N–H and O–H groups in total. The van der Waals surface area contributed by atoms with Gasteiger partial charge in [-0.3, -0.25) is 4.79 Å². The maximum absolute atomic E-state index is 10.9. The number of Topliss-reactive ketones (excluding diaryl/α,β-unsaturated/α-hetero) is 1. The van der Waals surface area contributed by atoms with Crippen LogP contribution in [0.1, 0.15) is 18.1 Å². The first-order chi connectivity index (χ1) is 6.15. The van der Waals surface area contributed by atoms with Gasteiger partial charge in [0.05, 0.1) is 0 Å². The highest BCUT2D eigenvalue weighted by Gasteiger charge is 2.07. The summed E-state index contributed by atoms with van der Waals surface area (Å²) in [5.74, 6) is 0.350. The SMILES string of the molecule is CC(=O)Cc1cccc(O)c1CBr. The molecule has 0 aliphatic heterocycles. The summed E-state index contributed by atoms with van der Waals surface area (Å²) in [5, 5.41) is 10.0. The van der Waals surface area contributed by atoms with E-state index in [4.69, 9.17) is 0 Å². The fourth-order valence-electron chi connectivity index (χ4n) is 1.21. The average molecular weight is 243 g/mol. The summed E-state index contributed by atoms with van der Waals surface area (Å²) in [5.41, 5.74) is 1.70. The number of halogens is 1. The van der Waals surface area contributed by atoms with Crippen LogP contribution < -0.4 is 0 Å². The smallest absolute Gasteiger partial charge is 0.134 e. The molecule has 3 heteroatoms. The molecule has 1 aromatic carbocycles. The zero-order chi connectivity index (χ0) is 9.84. The molecular formula is C10H11BrO2. The maximum Gasteiger partial charge on any atom is 0.134 e. The first kappa shape index (κ1) is 10.3. The molecule has 1 rings (SSSR count). The number of alkyl halides is 1. The lowest BCUT2D eigenvalue weighted by Crippen LogP contribution is -1.99. The van der Waals surface area contributed by atoms with Crippen molar-refractivity contribution in [3.8, 4) is 5.75 Å². The Kier molecular flexibility index (Phi) is 3.48. The number of rotatable bonds is 3. The van der Waals surface area contributed by atoms with Crippen molar-refractivity contribution < 1.29 is 9.90 Å². The Hall–Kier alpha value is -0.830. The highest BCUT2D eigenvalue weighted by Crippen LogP contribution is 2.23. The Morgan fingerprint density at radius 3 is 2.77 bits per heavy atom. The summed E-state index contributed by atoms with van der Waals surface area (Å²) in [6.07, 6.45) is 0.384. The fraction of sp³-hybridized carbons (Fsp3) is 0.300. The van der Waals surface area contributed by atoms with Crippen LogP contribution in [-0.2, 0) is 16.5 Å². The minimum absolute atomic E-state index is 0.104. The van der Waals surface area contributed by atoms with E-state index in [0.29, 0.717) is 11.8 Å². The van der Waals surface area contributed by atoms with E-state index < -0.39 is 0 Å². The van der Waals surface area contributed by atoms with Crippen LogP contribution in [0.5, 0.6) is 5.75 Å². The van der Waals surface area contributed by atoms with Crippen LogP contribution in [0.3, 0.4) is 0 Å². The quantitative estimate of drug-likeness (QED) is 0.827. The standard InChI is InChI=1S/C10H11BrO2/c1-7(12)5-8-3-2-4-10(13)9(8)6-11/h2-4,13H,5-6H2,1H3. The molecule has 0 spiro atoms. The minimum Gasteiger partial charge on any atom is -0.508 e. The van der Waals surface area contributed by atoms with Gasteiger partial charge in [-0.25, -0.2) is 0 Å². The number of phenols is 1. The van der Waals surface area contributed by atoms with Crippen LogP contribution in [0, 0.1) is 0 Å². The van der Waals surface area contributed by atoms with Gasteiger partial charge in [0.1, 0.15) is 11.5 Å². The van der Waals surface area contributed by atoms with Gasteiger partial charge in [-0.1, -0.05) is 28.1 Å². The van der Waals surface area contributed by atoms with Gasteiger partial charge in [-0.15, -0.1) is 0 Å². The lowest BCUT2D eigenvalue weighted by molar-refractivity contribution is -0.116. The second-order valence-electron chi connectivity index (χ2n) is 2.93. The Labute approximate surface area is 85.7 Å². The number of hydrogen-bond donors (Lipinski definition) is 1. The predicted molar refractivity (Wildman–Crippen MR) is 55.1 cm³/mol. The van der Waals surface area contributed by atoms with Crippen molar-refractivity contribution in [3.63, 3.8) is 0 Å². The Morgan fingerprint density at radius 2 is 2.23 bits per heavy atom. The summed E-state index contributed by atoms with van der Waals surface area (Å²) in [6.45, 7) is 1.54. The summed E-state index contributed by atoms with van der Waals surface area (Å²) >= 11 is 3.28. The van der Waals surface area contributed by atoms with E-state index in [9.17, 15) is 9.90 Å². The molecule has 0 saturated heterocycles. The number of aromatic hydroxyl groups is 1. The Balaban J connectivity index is 3.05. The third-order valence-corrected chi connectivity index (χ3v) is 2.38. The molecule has 0 radical (unpaired) electrons. The molecule has 70 valence electrons. The average Bonchev–Trinajstić information content (AvgIpc) is 2.03. The zero-order valence-electron chi connectivity index (χ0n) is 7.38. The molecule has 0 amide bonds. The summed E-state index contributed by atoms with van der Waals surface area (Å²) in [6, 6.07) is 5.23. The van der Waals surface area contributed by atoms with Crippen molar-refractivity contribution in [3.05, 3.63) is 29.3 Å². The van der Waals surface area contributed by atoms with Gasteiger partial charge in [0, 0.05) is 17.3 Å². The summed E-state index contributed by atoms with van der Waals surface area (Å²) in [7, 11) is 0. The third kappa shape index (κ3) is 2.56. The molecule has 0 atom stereocenters. The second kappa shape index (κ2) is 4.42. The number of carbonyl (C=O) groups is 1. The fourth-order valence-corrected chi connectivity index (χ4v) is 1.86. The van der Waals surface area contributed by atoms with E-state index in [1.165, 1.54) is 0 Å². The molecule has 0 aliphatic rings. The van der Waals surface area contributed by atoms with Crippen molar-refractivity contribution in [1.29, 1.82) is 0 Å². The molecule has 0 aromatic heterocycles. The maximum atomic E-state index is 10.9. The van der Waals surface area contributed by atoms with Crippen molar-refractivity contribution in [1.82, 2.24) is 0 Å². The molecule has 13 heavy (non-hydrogen) atoms. The lowest BCUT2D eigenvalue weighted by atomic mass is 10.0. The van der Waals surface area contributed by atoms with Crippen LogP contribution in [0.15, 0.2) is 18.2 Å². The van der Waals surface area contributed by atoms with E-state index in [1.54, 1.807) is 19.1 Å². The molecule has 0 fully saturated rings. The molecule has 0 saturated carbocycles. The Morgan fingerprint density at radius 1 is 1.54 bits per heavy atom. The van der Waals surface area contributed by atoms with Gasteiger partial charge in [-0.2, -0.15) is 0 Å². The van der Waals surface area contributed by atoms with Crippen molar-refractivity contribution >= 4 is 21.7 Å². The lowest BCUT2D eigenvalue weighted by Gasteiger charge is -2.06. The highest BCUT2D eigenvalue weighted by molar-refractivity contribution is 9.08. The second-order valence-corrected chi connectivity index (χ2v) is 3.49. The molecular weight excluding hydrogens is 232 g/mol. The summed E-state index contributed by atoms with van der Waals surface area (Å²) in [4.78, 5) is 10.9. The van der Waals surface area contributed by atoms with Gasteiger partial charge in [0.25, 0.3) is 0 Å². The number of phenolic OH excluding ortho intramolecular Hbond substituents is 1. The van der Waals surface area contributed by atoms with E-state index in [1.807, 2.05) is 6.07 Å². The van der Waals surface area contributed by atoms with Crippen molar-refractivity contribution in [2.45, 2.75) is 18.7 Å². The number of hydrogen-bond acceptors (Lipinski definition) is 2. The first-order valence-electron chi connectivity index (χ1n) is 4.00. The number of benzene rings is 1. The molecule has 1 aromatic rings. The van der Waals surface area contributed by atoms with E-state index in [-0.39, 0.29) is 11.5 Å². The van der Waals surface area contributed by atoms with Gasteiger partial charge in [0.15, 0.2) is 0 Å². The van der Waals surface area contributed by atoms with Gasteiger partial charge >= 0.3 is 0 Å². The van der Waals surface area contributed by atoms with Crippen LogP contribution in [-0.4, -0.2) is 10.9 Å². The third-order valence-electron chi connectivity index (χ3n) is 1.82. The first-order valence-corrected chi connectivity index (χ1v) is 5.12. The summed E-state index contributed by atoms with van der Waals surface area (Å²) < 4.78 is 0. The minimum atomic E-state index is 0.104. The van der Waals surface area contributed by atoms with Crippen LogP contribution in [0.25, 0.3) is 0 Å². The normalized spacial score (nSPS) is 10.0. The largest absolute Gasteiger partial charge is 0.508 e. The number of ketones is 1. The Bertz CT molecular complexity index is 321. The molecule has 0 bridgehead atoms. The zero-order valence-corrected chi connectivity index (χ0v) is 8.97. The van der Waals surface area contributed by atoms with Gasteiger partial charge < -0.3 is 5.11 Å². The molecule has 2 nitrogen and oxygen atoms in total. The van der Waals surface area contributed by atoms with E-state index in [2.05, 4.69) is 15.9 Å².